The standard InChI is InChI=1S/C28H38FNO3/c1-2-21(19-29)20-32-24-6-4-22(5-7-24)26-11-14-27(15-12-26,16-13-26)25(31)30-23-8-17-33-28(18-23)9-3-10-28/h4-7,19,23H,2-3,8-18,20H2,1H3,(H,30,31)/b21-19+. The molecule has 5 fully saturated rings. The van der Waals surface area contributed by atoms with E-state index in [1.807, 2.05) is 19.1 Å². The molecule has 1 saturated heterocycles. The van der Waals surface area contributed by atoms with E-state index in [2.05, 4.69) is 17.4 Å². The quantitative estimate of drug-likeness (QED) is 0.537. The van der Waals surface area contributed by atoms with Gasteiger partial charge in [0.2, 0.25) is 5.91 Å². The van der Waals surface area contributed by atoms with Crippen molar-refractivity contribution in [2.45, 2.75) is 101 Å². The Hall–Kier alpha value is -1.88. The number of carbonyl (C=O) groups excluding carboxylic acids is 1. The van der Waals surface area contributed by atoms with E-state index in [1.54, 1.807) is 0 Å². The van der Waals surface area contributed by atoms with Crippen molar-refractivity contribution in [3.05, 3.63) is 41.7 Å². The fraction of sp³-hybridized carbons (Fsp3) is 0.679. The summed E-state index contributed by atoms with van der Waals surface area (Å²) in [6, 6.07) is 8.67. The Kier molecular flexibility index (Phi) is 6.28. The lowest BCUT2D eigenvalue weighted by atomic mass is 9.51. The Bertz CT molecular complexity index is 864. The molecule has 0 aromatic heterocycles. The molecule has 4 saturated carbocycles. The van der Waals surface area contributed by atoms with Gasteiger partial charge in [-0.2, -0.15) is 0 Å². The van der Waals surface area contributed by atoms with Crippen LogP contribution in [-0.4, -0.2) is 30.8 Å². The first-order valence-corrected chi connectivity index (χ1v) is 13.0. The molecule has 180 valence electrons. The molecule has 1 aromatic carbocycles. The maximum Gasteiger partial charge on any atom is 0.226 e. The minimum Gasteiger partial charge on any atom is -0.489 e. The molecule has 5 aliphatic rings. The lowest BCUT2D eigenvalue weighted by Crippen LogP contribution is -2.57. The lowest BCUT2D eigenvalue weighted by molar-refractivity contribution is -0.149. The van der Waals surface area contributed by atoms with Crippen LogP contribution in [0.3, 0.4) is 0 Å². The first kappa shape index (κ1) is 22.9. The molecule has 1 N–H and O–H groups in total. The molecule has 0 radical (unpaired) electrons. The molecule has 6 rings (SSSR count). The molecule has 1 aromatic rings. The van der Waals surface area contributed by atoms with Gasteiger partial charge in [0, 0.05) is 18.1 Å². The van der Waals surface area contributed by atoms with Crippen LogP contribution in [0.1, 0.15) is 89.5 Å². The summed E-state index contributed by atoms with van der Waals surface area (Å²) in [5, 5.41) is 3.45. The van der Waals surface area contributed by atoms with Gasteiger partial charge in [-0.15, -0.1) is 0 Å². The van der Waals surface area contributed by atoms with Crippen LogP contribution in [0, 0.1) is 5.41 Å². The topological polar surface area (TPSA) is 47.6 Å². The maximum atomic E-state index is 13.4. The number of carbonyl (C=O) groups is 1. The minimum atomic E-state index is -0.175. The number of nitrogens with one attached hydrogen (secondary N) is 1. The Morgan fingerprint density at radius 1 is 1.12 bits per heavy atom. The van der Waals surface area contributed by atoms with Gasteiger partial charge in [0.15, 0.2) is 0 Å². The van der Waals surface area contributed by atoms with E-state index in [-0.39, 0.29) is 22.5 Å². The molecule has 2 bridgehead atoms. The molecule has 4 aliphatic carbocycles. The van der Waals surface area contributed by atoms with Gasteiger partial charge in [-0.1, -0.05) is 19.1 Å². The highest BCUT2D eigenvalue weighted by molar-refractivity contribution is 5.83. The van der Waals surface area contributed by atoms with Gasteiger partial charge in [0.25, 0.3) is 0 Å². The molecule has 1 unspecified atom stereocenters. The predicted molar refractivity (Wildman–Crippen MR) is 127 cm³/mol. The molecule has 33 heavy (non-hydrogen) atoms. The second-order valence-corrected chi connectivity index (χ2v) is 11.0. The Morgan fingerprint density at radius 2 is 1.82 bits per heavy atom. The van der Waals surface area contributed by atoms with Crippen molar-refractivity contribution in [1.29, 1.82) is 0 Å². The van der Waals surface area contributed by atoms with Crippen LogP contribution in [0.25, 0.3) is 0 Å². The van der Waals surface area contributed by atoms with Crippen LogP contribution in [-0.2, 0) is 14.9 Å². The smallest absolute Gasteiger partial charge is 0.226 e. The number of rotatable bonds is 7. The van der Waals surface area contributed by atoms with Crippen molar-refractivity contribution in [1.82, 2.24) is 5.32 Å². The van der Waals surface area contributed by atoms with E-state index >= 15 is 0 Å². The van der Waals surface area contributed by atoms with Crippen molar-refractivity contribution in [3.8, 4) is 5.75 Å². The van der Waals surface area contributed by atoms with Crippen molar-refractivity contribution < 1.29 is 18.7 Å². The van der Waals surface area contributed by atoms with Crippen molar-refractivity contribution in [2.24, 2.45) is 5.41 Å². The van der Waals surface area contributed by atoms with Crippen molar-refractivity contribution in [3.63, 3.8) is 0 Å². The minimum absolute atomic E-state index is 0.0677. The number of halogens is 1. The molecule has 1 heterocycles. The molecule has 5 heteroatoms. The van der Waals surface area contributed by atoms with E-state index in [0.29, 0.717) is 30.8 Å². The van der Waals surface area contributed by atoms with E-state index < -0.39 is 0 Å². The number of fused-ring (bicyclic) bond motifs is 3. The van der Waals surface area contributed by atoms with Gasteiger partial charge in [-0.05, 0) is 106 Å². The van der Waals surface area contributed by atoms with Crippen LogP contribution in [0.5, 0.6) is 5.75 Å². The van der Waals surface area contributed by atoms with Crippen LogP contribution in [0.15, 0.2) is 36.2 Å². The third-order valence-corrected chi connectivity index (χ3v) is 9.32. The van der Waals surface area contributed by atoms with Crippen LogP contribution >= 0.6 is 0 Å². The van der Waals surface area contributed by atoms with Crippen molar-refractivity contribution in [2.75, 3.05) is 13.2 Å². The van der Waals surface area contributed by atoms with Gasteiger partial charge in [0.1, 0.15) is 12.4 Å². The SMILES string of the molecule is CC/C(=C\F)COc1ccc(C23CCC(C(=O)NC4CCOC5(CCC5)C4)(CC2)CC3)cc1. The summed E-state index contributed by atoms with van der Waals surface area (Å²) in [7, 11) is 0. The highest BCUT2D eigenvalue weighted by Crippen LogP contribution is 2.58. The second-order valence-electron chi connectivity index (χ2n) is 11.0. The summed E-state index contributed by atoms with van der Waals surface area (Å²) in [6.07, 6.45) is 13.0. The van der Waals surface area contributed by atoms with Gasteiger partial charge in [-0.25, -0.2) is 4.39 Å². The molecule has 1 amide bonds. The zero-order chi connectivity index (χ0) is 22.9. The Labute approximate surface area is 197 Å². The highest BCUT2D eigenvalue weighted by Gasteiger charge is 2.53. The second kappa shape index (κ2) is 9.05. The average Bonchev–Trinajstić information content (AvgIpc) is 2.85. The molecule has 1 aliphatic heterocycles. The lowest BCUT2D eigenvalue weighted by Gasteiger charge is -2.53. The van der Waals surface area contributed by atoms with Crippen molar-refractivity contribution >= 4 is 5.91 Å². The third-order valence-electron chi connectivity index (χ3n) is 9.32. The Balaban J connectivity index is 1.18. The highest BCUT2D eigenvalue weighted by atomic mass is 19.1. The number of hydrogen-bond acceptors (Lipinski definition) is 3. The number of hydrogen-bond donors (Lipinski definition) is 1. The number of benzene rings is 1. The first-order valence-electron chi connectivity index (χ1n) is 13.0. The Morgan fingerprint density at radius 3 is 2.39 bits per heavy atom. The number of ether oxygens (including phenoxy) is 2. The van der Waals surface area contributed by atoms with Crippen LogP contribution < -0.4 is 10.1 Å². The van der Waals surface area contributed by atoms with Gasteiger partial charge in [-0.3, -0.25) is 4.79 Å². The first-order chi connectivity index (χ1) is 16.0. The monoisotopic (exact) mass is 455 g/mol. The van der Waals surface area contributed by atoms with Crippen LogP contribution in [0.4, 0.5) is 4.39 Å². The number of amides is 1. The van der Waals surface area contributed by atoms with Gasteiger partial charge >= 0.3 is 0 Å². The van der Waals surface area contributed by atoms with Gasteiger partial charge < -0.3 is 14.8 Å². The average molecular weight is 456 g/mol. The summed E-state index contributed by atoms with van der Waals surface area (Å²) in [4.78, 5) is 13.4. The maximum absolute atomic E-state index is 13.4. The predicted octanol–water partition coefficient (Wildman–Crippen LogP) is 6.14. The van der Waals surface area contributed by atoms with E-state index in [0.717, 1.165) is 76.6 Å². The third kappa shape index (κ3) is 4.34. The largest absolute Gasteiger partial charge is 0.489 e. The fourth-order valence-electron chi connectivity index (χ4n) is 6.66. The summed E-state index contributed by atoms with van der Waals surface area (Å²) >= 11 is 0. The molecule has 1 atom stereocenters. The fourth-order valence-corrected chi connectivity index (χ4v) is 6.66. The molecular weight excluding hydrogens is 417 g/mol. The van der Waals surface area contributed by atoms with E-state index in [4.69, 9.17) is 9.47 Å². The summed E-state index contributed by atoms with van der Waals surface area (Å²) in [5.41, 5.74) is 2.10. The molecule has 1 spiro atoms. The summed E-state index contributed by atoms with van der Waals surface area (Å²) < 4.78 is 24.6. The normalized spacial score (nSPS) is 32.9. The summed E-state index contributed by atoms with van der Waals surface area (Å²) in [5.74, 6) is 1.08. The zero-order valence-corrected chi connectivity index (χ0v) is 20.0. The van der Waals surface area contributed by atoms with E-state index in [9.17, 15) is 9.18 Å². The van der Waals surface area contributed by atoms with Gasteiger partial charge in [0.05, 0.1) is 11.9 Å². The van der Waals surface area contributed by atoms with Crippen LogP contribution in [0.2, 0.25) is 0 Å². The molecule has 4 nitrogen and oxygen atoms in total. The molecular formula is C28H38FNO3. The van der Waals surface area contributed by atoms with E-state index in [1.165, 1.54) is 12.0 Å². The summed E-state index contributed by atoms with van der Waals surface area (Å²) in [6.45, 7) is 3.01. The zero-order valence-electron chi connectivity index (χ0n) is 20.0.